The molecule has 1 aliphatic rings. The maximum atomic E-state index is 11.1. The number of likely N-dealkylation sites (tertiary alicyclic amines) is 1. The Morgan fingerprint density at radius 3 is 2.94 bits per heavy atom. The van der Waals surface area contributed by atoms with Crippen molar-refractivity contribution in [1.29, 1.82) is 0 Å². The van der Waals surface area contributed by atoms with Crippen LogP contribution in [0.25, 0.3) is 0 Å². The van der Waals surface area contributed by atoms with Crippen LogP contribution in [-0.2, 0) is 0 Å². The third-order valence-electron chi connectivity index (χ3n) is 2.81. The number of hydrogen-bond acceptors (Lipinski definition) is 3. The second-order valence-electron chi connectivity index (χ2n) is 4.24. The molecule has 0 aromatic heterocycles. The second-order valence-corrected chi connectivity index (χ2v) is 5.15. The van der Waals surface area contributed by atoms with Gasteiger partial charge in [-0.3, -0.25) is 0 Å². The number of aromatic carboxylic acids is 1. The van der Waals surface area contributed by atoms with Crippen molar-refractivity contribution in [3.63, 3.8) is 0 Å². The molecule has 0 radical (unpaired) electrons. The van der Waals surface area contributed by atoms with Gasteiger partial charge < -0.3 is 14.7 Å². The molecule has 0 bridgehead atoms. The van der Waals surface area contributed by atoms with Gasteiger partial charge in [0, 0.05) is 17.6 Å². The van der Waals surface area contributed by atoms with E-state index in [2.05, 4.69) is 20.8 Å². The van der Waals surface area contributed by atoms with Gasteiger partial charge in [0.2, 0.25) is 0 Å². The van der Waals surface area contributed by atoms with Crippen LogP contribution in [0, 0.1) is 0 Å². The molecule has 0 aliphatic carbocycles. The largest absolute Gasteiger partial charge is 0.488 e. The molecule has 1 fully saturated rings. The fourth-order valence-corrected chi connectivity index (χ4v) is 2.30. The Morgan fingerprint density at radius 1 is 1.59 bits per heavy atom. The van der Waals surface area contributed by atoms with E-state index >= 15 is 0 Å². The predicted molar refractivity (Wildman–Crippen MR) is 67.6 cm³/mol. The van der Waals surface area contributed by atoms with Crippen LogP contribution < -0.4 is 4.74 Å². The average molecular weight is 300 g/mol. The molecule has 2 rings (SSSR count). The molecule has 1 aromatic carbocycles. The average Bonchev–Trinajstić information content (AvgIpc) is 2.66. The van der Waals surface area contributed by atoms with Gasteiger partial charge in [0.05, 0.1) is 0 Å². The van der Waals surface area contributed by atoms with Gasteiger partial charge in [-0.1, -0.05) is 15.9 Å². The predicted octanol–water partition coefficient (Wildman–Crippen LogP) is 2.23. The molecule has 4 nitrogen and oxygen atoms in total. The van der Waals surface area contributed by atoms with Crippen LogP contribution in [0.15, 0.2) is 22.7 Å². The van der Waals surface area contributed by atoms with Crippen LogP contribution in [0.5, 0.6) is 5.75 Å². The van der Waals surface area contributed by atoms with Crippen LogP contribution in [0.3, 0.4) is 0 Å². The fourth-order valence-electron chi connectivity index (χ4n) is 1.94. The Bertz CT molecular complexity index is 436. The lowest BCUT2D eigenvalue weighted by molar-refractivity contribution is 0.0689. The highest BCUT2D eigenvalue weighted by Gasteiger charge is 2.23. The molecule has 1 N–H and O–H groups in total. The monoisotopic (exact) mass is 299 g/mol. The quantitative estimate of drug-likeness (QED) is 0.930. The summed E-state index contributed by atoms with van der Waals surface area (Å²) < 4.78 is 6.49. The highest BCUT2D eigenvalue weighted by molar-refractivity contribution is 9.10. The van der Waals surface area contributed by atoms with E-state index < -0.39 is 5.97 Å². The number of hydrogen-bond donors (Lipinski definition) is 1. The molecule has 1 saturated heterocycles. The zero-order valence-electron chi connectivity index (χ0n) is 9.52. The van der Waals surface area contributed by atoms with E-state index in [0.29, 0.717) is 5.75 Å². The van der Waals surface area contributed by atoms with Crippen molar-refractivity contribution in [1.82, 2.24) is 4.90 Å². The third kappa shape index (κ3) is 2.98. The van der Waals surface area contributed by atoms with Gasteiger partial charge in [0.1, 0.15) is 17.4 Å². The van der Waals surface area contributed by atoms with Gasteiger partial charge in [-0.25, -0.2) is 4.79 Å². The lowest BCUT2D eigenvalue weighted by atomic mass is 10.2. The van der Waals surface area contributed by atoms with Crippen molar-refractivity contribution in [2.75, 3.05) is 20.1 Å². The highest BCUT2D eigenvalue weighted by Crippen LogP contribution is 2.25. The van der Waals surface area contributed by atoms with Crippen molar-refractivity contribution >= 4 is 21.9 Å². The van der Waals surface area contributed by atoms with E-state index in [1.165, 1.54) is 0 Å². The minimum atomic E-state index is -0.965. The SMILES string of the molecule is CN1CCC(Oc2ccc(Br)cc2C(=O)O)C1. The molecule has 1 aliphatic heterocycles. The zero-order chi connectivity index (χ0) is 12.4. The van der Waals surface area contributed by atoms with Crippen molar-refractivity contribution in [2.45, 2.75) is 12.5 Å². The first kappa shape index (κ1) is 12.4. The number of rotatable bonds is 3. The molecule has 17 heavy (non-hydrogen) atoms. The van der Waals surface area contributed by atoms with Crippen LogP contribution in [0.4, 0.5) is 0 Å². The first-order valence-corrected chi connectivity index (χ1v) is 6.23. The van der Waals surface area contributed by atoms with E-state index in [1.807, 2.05) is 7.05 Å². The Balaban J connectivity index is 2.17. The summed E-state index contributed by atoms with van der Waals surface area (Å²) >= 11 is 3.26. The van der Waals surface area contributed by atoms with Gasteiger partial charge in [0.25, 0.3) is 0 Å². The van der Waals surface area contributed by atoms with E-state index in [9.17, 15) is 4.79 Å². The molecule has 92 valence electrons. The van der Waals surface area contributed by atoms with Crippen LogP contribution in [-0.4, -0.2) is 42.2 Å². The van der Waals surface area contributed by atoms with E-state index in [0.717, 1.165) is 24.0 Å². The Kier molecular flexibility index (Phi) is 3.69. The molecular weight excluding hydrogens is 286 g/mol. The number of ether oxygens (including phenoxy) is 1. The number of carbonyl (C=O) groups is 1. The molecule has 0 amide bonds. The van der Waals surface area contributed by atoms with Crippen molar-refractivity contribution < 1.29 is 14.6 Å². The summed E-state index contributed by atoms with van der Waals surface area (Å²) in [6.07, 6.45) is 1.02. The minimum absolute atomic E-state index is 0.0827. The summed E-state index contributed by atoms with van der Waals surface area (Å²) in [6.45, 7) is 1.83. The zero-order valence-corrected chi connectivity index (χ0v) is 11.1. The minimum Gasteiger partial charge on any atom is -0.488 e. The van der Waals surface area contributed by atoms with Crippen LogP contribution >= 0.6 is 15.9 Å². The third-order valence-corrected chi connectivity index (χ3v) is 3.31. The van der Waals surface area contributed by atoms with Crippen molar-refractivity contribution in [3.8, 4) is 5.75 Å². The maximum Gasteiger partial charge on any atom is 0.339 e. The van der Waals surface area contributed by atoms with Gasteiger partial charge in [-0.05, 0) is 31.7 Å². The Labute approximate surface area is 108 Å². The molecule has 5 heteroatoms. The summed E-state index contributed by atoms with van der Waals surface area (Å²) in [7, 11) is 2.03. The van der Waals surface area contributed by atoms with Crippen molar-refractivity contribution in [2.24, 2.45) is 0 Å². The summed E-state index contributed by atoms with van der Waals surface area (Å²) in [4.78, 5) is 13.3. The van der Waals surface area contributed by atoms with Gasteiger partial charge in [0.15, 0.2) is 0 Å². The second kappa shape index (κ2) is 5.06. The number of carboxylic acids is 1. The van der Waals surface area contributed by atoms with Gasteiger partial charge in [-0.15, -0.1) is 0 Å². The summed E-state index contributed by atoms with van der Waals surface area (Å²) in [5.74, 6) is -0.520. The van der Waals surface area contributed by atoms with E-state index in [1.54, 1.807) is 18.2 Å². The summed E-state index contributed by atoms with van der Waals surface area (Å²) in [6, 6.07) is 5.06. The molecule has 1 unspecified atom stereocenters. The van der Waals surface area contributed by atoms with Gasteiger partial charge in [-0.2, -0.15) is 0 Å². The lowest BCUT2D eigenvalue weighted by Gasteiger charge is -2.15. The standard InChI is InChI=1S/C12H14BrNO3/c1-14-5-4-9(7-14)17-11-3-2-8(13)6-10(11)12(15)16/h2-3,6,9H,4-5,7H2,1H3,(H,15,16). The van der Waals surface area contributed by atoms with Crippen LogP contribution in [0.1, 0.15) is 16.8 Å². The highest BCUT2D eigenvalue weighted by atomic mass is 79.9. The molecule has 1 atom stereocenters. The number of nitrogens with zero attached hydrogens (tertiary/aromatic N) is 1. The maximum absolute atomic E-state index is 11.1. The number of benzene rings is 1. The molecular formula is C12H14BrNO3. The smallest absolute Gasteiger partial charge is 0.339 e. The summed E-state index contributed by atoms with van der Waals surface area (Å²) in [5.41, 5.74) is 0.203. The molecule has 1 heterocycles. The molecule has 0 spiro atoms. The van der Waals surface area contributed by atoms with Crippen molar-refractivity contribution in [3.05, 3.63) is 28.2 Å². The normalized spacial score (nSPS) is 20.5. The topological polar surface area (TPSA) is 49.8 Å². The lowest BCUT2D eigenvalue weighted by Crippen LogP contribution is -2.22. The number of halogens is 1. The Morgan fingerprint density at radius 2 is 2.35 bits per heavy atom. The molecule has 0 saturated carbocycles. The Hall–Kier alpha value is -1.07. The van der Waals surface area contributed by atoms with Crippen LogP contribution in [0.2, 0.25) is 0 Å². The summed E-state index contributed by atoms with van der Waals surface area (Å²) in [5, 5.41) is 9.10. The first-order chi connectivity index (χ1) is 8.06. The number of likely N-dealkylation sites (N-methyl/N-ethyl adjacent to an activating group) is 1. The van der Waals surface area contributed by atoms with E-state index in [4.69, 9.17) is 9.84 Å². The van der Waals surface area contributed by atoms with Gasteiger partial charge >= 0.3 is 5.97 Å². The molecule has 1 aromatic rings. The first-order valence-electron chi connectivity index (χ1n) is 5.44. The fraction of sp³-hybridized carbons (Fsp3) is 0.417. The number of carboxylic acid groups (broad SMARTS) is 1. The van der Waals surface area contributed by atoms with E-state index in [-0.39, 0.29) is 11.7 Å².